The zero-order valence-electron chi connectivity index (χ0n) is 10.7. The average Bonchev–Trinajstić information content (AvgIpc) is 2.88. The van der Waals surface area contributed by atoms with Crippen molar-refractivity contribution in [1.29, 1.82) is 0 Å². The van der Waals surface area contributed by atoms with Crippen LogP contribution in [0.2, 0.25) is 0 Å². The maximum atomic E-state index is 12.6. The molecule has 0 bridgehead atoms. The molecule has 0 fully saturated rings. The summed E-state index contributed by atoms with van der Waals surface area (Å²) in [6, 6.07) is 9.34. The number of nitrogens with zero attached hydrogens (tertiary/aromatic N) is 3. The summed E-state index contributed by atoms with van der Waals surface area (Å²) in [5.74, 6) is 0.530. The molecule has 0 atom stereocenters. The van der Waals surface area contributed by atoms with Gasteiger partial charge < -0.3 is 11.1 Å². The maximum Gasteiger partial charge on any atom is 0.319 e. The predicted molar refractivity (Wildman–Crippen MR) is 73.7 cm³/mol. The van der Waals surface area contributed by atoms with E-state index in [1.165, 1.54) is 12.4 Å². The Morgan fingerprint density at radius 1 is 1.35 bits per heavy atom. The molecule has 7 heteroatoms. The van der Waals surface area contributed by atoms with Gasteiger partial charge in [0.2, 0.25) is 0 Å². The van der Waals surface area contributed by atoms with Crippen LogP contribution < -0.4 is 11.1 Å². The van der Waals surface area contributed by atoms with Gasteiger partial charge in [0, 0.05) is 31.0 Å². The molecule has 1 aromatic heterocycles. The van der Waals surface area contributed by atoms with Gasteiger partial charge in [0.05, 0.1) is 0 Å². The Morgan fingerprint density at radius 2 is 2.10 bits per heavy atom. The molecule has 5 nitrogen and oxygen atoms in total. The molecule has 1 aromatic carbocycles. The lowest BCUT2D eigenvalue weighted by Crippen LogP contribution is -2.23. The quantitative estimate of drug-likeness (QED) is 0.651. The number of rotatable bonds is 5. The van der Waals surface area contributed by atoms with Crippen molar-refractivity contribution in [2.75, 3.05) is 11.9 Å². The summed E-state index contributed by atoms with van der Waals surface area (Å²) in [4.78, 5) is 7.95. The van der Waals surface area contributed by atoms with E-state index in [1.807, 2.05) is 30.3 Å². The van der Waals surface area contributed by atoms with Gasteiger partial charge in [0.1, 0.15) is 5.82 Å². The highest BCUT2D eigenvalue weighted by Crippen LogP contribution is 2.12. The first kappa shape index (κ1) is 14.0. The second-order valence-corrected chi connectivity index (χ2v) is 4.04. The number of halogens is 2. The number of aliphatic imine (C=N–C) groups is 1. The Balaban J connectivity index is 1.88. The van der Waals surface area contributed by atoms with Crippen molar-refractivity contribution in [2.24, 2.45) is 10.7 Å². The molecular formula is C13H15F2N5. The van der Waals surface area contributed by atoms with Gasteiger partial charge in [-0.3, -0.25) is 9.56 Å². The number of anilines is 1. The van der Waals surface area contributed by atoms with E-state index in [-0.39, 0.29) is 18.3 Å². The lowest BCUT2D eigenvalue weighted by molar-refractivity contribution is 0.0671. The number of benzene rings is 1. The van der Waals surface area contributed by atoms with Crippen LogP contribution in [0.1, 0.15) is 12.4 Å². The fraction of sp³-hybridized carbons (Fsp3) is 0.231. The SMILES string of the molecule is NC(=NCCc1nccn1C(F)F)Nc1ccccc1. The minimum atomic E-state index is -2.59. The molecule has 0 aliphatic carbocycles. The number of hydrogen-bond donors (Lipinski definition) is 2. The number of alkyl halides is 2. The van der Waals surface area contributed by atoms with Crippen molar-refractivity contribution in [2.45, 2.75) is 13.0 Å². The zero-order chi connectivity index (χ0) is 14.4. The van der Waals surface area contributed by atoms with E-state index >= 15 is 0 Å². The minimum Gasteiger partial charge on any atom is -0.370 e. The molecule has 0 unspecified atom stereocenters. The van der Waals surface area contributed by atoms with Crippen LogP contribution in [-0.2, 0) is 6.42 Å². The largest absolute Gasteiger partial charge is 0.370 e. The van der Waals surface area contributed by atoms with Crippen molar-refractivity contribution in [3.63, 3.8) is 0 Å². The minimum absolute atomic E-state index is 0.242. The van der Waals surface area contributed by atoms with Crippen LogP contribution in [0.3, 0.4) is 0 Å². The highest BCUT2D eigenvalue weighted by Gasteiger charge is 2.10. The van der Waals surface area contributed by atoms with E-state index in [1.54, 1.807) is 0 Å². The molecule has 0 saturated carbocycles. The third kappa shape index (κ3) is 3.78. The number of nitrogens with two attached hydrogens (primary N) is 1. The van der Waals surface area contributed by atoms with E-state index in [0.29, 0.717) is 6.42 Å². The number of aromatic nitrogens is 2. The van der Waals surface area contributed by atoms with Crippen LogP contribution in [0.4, 0.5) is 14.5 Å². The topological polar surface area (TPSA) is 68.2 Å². The molecule has 1 heterocycles. The van der Waals surface area contributed by atoms with E-state index < -0.39 is 6.55 Å². The van der Waals surface area contributed by atoms with E-state index in [0.717, 1.165) is 10.3 Å². The van der Waals surface area contributed by atoms with Crippen LogP contribution in [0.25, 0.3) is 0 Å². The molecule has 0 aliphatic rings. The molecule has 2 aromatic rings. The summed E-state index contributed by atoms with van der Waals surface area (Å²) in [6.45, 7) is -2.30. The lowest BCUT2D eigenvalue weighted by atomic mass is 10.3. The van der Waals surface area contributed by atoms with Crippen LogP contribution >= 0.6 is 0 Å². The molecule has 0 saturated heterocycles. The molecule has 20 heavy (non-hydrogen) atoms. The first-order valence-electron chi connectivity index (χ1n) is 6.08. The van der Waals surface area contributed by atoms with Gasteiger partial charge in [-0.15, -0.1) is 0 Å². The Labute approximate surface area is 115 Å². The lowest BCUT2D eigenvalue weighted by Gasteiger charge is -2.06. The highest BCUT2D eigenvalue weighted by molar-refractivity contribution is 5.92. The number of nitrogens with one attached hydrogen (secondary N) is 1. The van der Waals surface area contributed by atoms with Crippen molar-refractivity contribution >= 4 is 11.6 Å². The first-order valence-corrected chi connectivity index (χ1v) is 6.08. The summed E-state index contributed by atoms with van der Waals surface area (Å²) in [5, 5.41) is 2.91. The smallest absolute Gasteiger partial charge is 0.319 e. The Bertz CT molecular complexity index is 565. The number of guanidine groups is 1. The van der Waals surface area contributed by atoms with Crippen LogP contribution in [0.5, 0.6) is 0 Å². The molecule has 0 spiro atoms. The molecule has 106 valence electrons. The summed E-state index contributed by atoms with van der Waals surface area (Å²) in [7, 11) is 0. The van der Waals surface area contributed by atoms with Gasteiger partial charge >= 0.3 is 6.55 Å². The second-order valence-electron chi connectivity index (χ2n) is 4.04. The second kappa shape index (κ2) is 6.65. The monoisotopic (exact) mass is 279 g/mol. The summed E-state index contributed by atoms with van der Waals surface area (Å²) >= 11 is 0. The predicted octanol–water partition coefficient (Wildman–Crippen LogP) is 2.25. The molecule has 0 amide bonds. The molecule has 0 aliphatic heterocycles. The standard InChI is InChI=1S/C13H15F2N5/c14-12(15)20-9-8-17-11(20)6-7-18-13(16)19-10-4-2-1-3-5-10/h1-5,8-9,12H,6-7H2,(H3,16,18,19). The summed E-state index contributed by atoms with van der Waals surface area (Å²) in [6.07, 6.45) is 2.89. The number of hydrogen-bond acceptors (Lipinski definition) is 2. The Hall–Kier alpha value is -2.44. The summed E-state index contributed by atoms with van der Waals surface area (Å²) < 4.78 is 26.0. The maximum absolute atomic E-state index is 12.6. The van der Waals surface area contributed by atoms with E-state index in [9.17, 15) is 8.78 Å². The first-order chi connectivity index (χ1) is 9.66. The van der Waals surface area contributed by atoms with Crippen molar-refractivity contribution in [3.8, 4) is 0 Å². The highest BCUT2D eigenvalue weighted by atomic mass is 19.3. The van der Waals surface area contributed by atoms with Gasteiger partial charge in [0.15, 0.2) is 5.96 Å². The number of para-hydroxylation sites is 1. The van der Waals surface area contributed by atoms with Crippen LogP contribution in [0, 0.1) is 0 Å². The van der Waals surface area contributed by atoms with Crippen molar-refractivity contribution < 1.29 is 8.78 Å². The Kier molecular flexibility index (Phi) is 4.65. The third-order valence-electron chi connectivity index (χ3n) is 2.62. The van der Waals surface area contributed by atoms with Crippen LogP contribution in [0.15, 0.2) is 47.7 Å². The van der Waals surface area contributed by atoms with Crippen molar-refractivity contribution in [1.82, 2.24) is 9.55 Å². The summed E-state index contributed by atoms with van der Waals surface area (Å²) in [5.41, 5.74) is 6.53. The third-order valence-corrected chi connectivity index (χ3v) is 2.62. The van der Waals surface area contributed by atoms with E-state index in [2.05, 4.69) is 15.3 Å². The Morgan fingerprint density at radius 3 is 2.80 bits per heavy atom. The zero-order valence-corrected chi connectivity index (χ0v) is 10.7. The van der Waals surface area contributed by atoms with Gasteiger partial charge in [-0.2, -0.15) is 8.78 Å². The van der Waals surface area contributed by atoms with Crippen molar-refractivity contribution in [3.05, 3.63) is 48.5 Å². The molecule has 2 rings (SSSR count). The van der Waals surface area contributed by atoms with Crippen LogP contribution in [-0.4, -0.2) is 22.1 Å². The fourth-order valence-corrected chi connectivity index (χ4v) is 1.70. The fourth-order valence-electron chi connectivity index (χ4n) is 1.70. The number of imidazole rings is 1. The molecule has 0 radical (unpaired) electrons. The van der Waals surface area contributed by atoms with E-state index in [4.69, 9.17) is 5.73 Å². The van der Waals surface area contributed by atoms with Gasteiger partial charge in [-0.1, -0.05) is 18.2 Å². The van der Waals surface area contributed by atoms with Gasteiger partial charge in [-0.05, 0) is 12.1 Å². The molecular weight excluding hydrogens is 264 g/mol. The normalized spacial score (nSPS) is 11.8. The van der Waals surface area contributed by atoms with Gasteiger partial charge in [-0.25, -0.2) is 4.98 Å². The van der Waals surface area contributed by atoms with Gasteiger partial charge in [0.25, 0.3) is 0 Å². The average molecular weight is 279 g/mol. The molecule has 3 N–H and O–H groups in total.